The number of ketones is 1. The van der Waals surface area contributed by atoms with Crippen molar-refractivity contribution in [3.8, 4) is 0 Å². The molecule has 0 radical (unpaired) electrons. The second kappa shape index (κ2) is 5.54. The van der Waals surface area contributed by atoms with Crippen LogP contribution in [0.25, 0.3) is 0 Å². The predicted molar refractivity (Wildman–Crippen MR) is 101 cm³/mol. The van der Waals surface area contributed by atoms with Gasteiger partial charge in [0.1, 0.15) is 6.10 Å². The van der Waals surface area contributed by atoms with Gasteiger partial charge < -0.3 is 9.84 Å². The van der Waals surface area contributed by atoms with Gasteiger partial charge in [0, 0.05) is 13.0 Å². The molecule has 3 saturated carbocycles. The SMILES string of the molecule is C/C(CCO)=C1/CCC2C3C(CC[C@]12C)[C@@]1(C)CCC(=O)C=C1[C@H]1O[C@@H]31. The van der Waals surface area contributed by atoms with E-state index in [0.29, 0.717) is 41.5 Å². The van der Waals surface area contributed by atoms with E-state index in [9.17, 15) is 9.90 Å². The van der Waals surface area contributed by atoms with E-state index in [1.54, 1.807) is 5.57 Å². The number of epoxide rings is 1. The number of carbonyl (C=O) groups is 1. The molecule has 0 aromatic carbocycles. The summed E-state index contributed by atoms with van der Waals surface area (Å²) in [5.41, 5.74) is 4.85. The number of rotatable bonds is 2. The summed E-state index contributed by atoms with van der Waals surface area (Å²) >= 11 is 0. The summed E-state index contributed by atoms with van der Waals surface area (Å²) < 4.78 is 6.25. The maximum Gasteiger partial charge on any atom is 0.155 e. The molecule has 0 amide bonds. The minimum absolute atomic E-state index is 0.171. The molecule has 1 heterocycles. The van der Waals surface area contributed by atoms with Crippen molar-refractivity contribution in [2.75, 3.05) is 6.61 Å². The van der Waals surface area contributed by atoms with Crippen molar-refractivity contribution < 1.29 is 14.6 Å². The van der Waals surface area contributed by atoms with E-state index in [4.69, 9.17) is 4.74 Å². The van der Waals surface area contributed by atoms with Gasteiger partial charge in [0.25, 0.3) is 0 Å². The van der Waals surface area contributed by atoms with Crippen LogP contribution in [0, 0.1) is 28.6 Å². The summed E-state index contributed by atoms with van der Waals surface area (Å²) in [6.45, 7) is 7.41. The van der Waals surface area contributed by atoms with Gasteiger partial charge in [0.05, 0.1) is 6.10 Å². The lowest BCUT2D eigenvalue weighted by molar-refractivity contribution is -0.116. The summed E-state index contributed by atoms with van der Waals surface area (Å²) in [4.78, 5) is 12.0. The molecule has 3 nitrogen and oxygen atoms in total. The molecule has 1 N–H and O–H groups in total. The number of aliphatic hydroxyl groups excluding tert-OH is 1. The topological polar surface area (TPSA) is 49.8 Å². The third-order valence-electron chi connectivity index (χ3n) is 9.02. The van der Waals surface area contributed by atoms with Gasteiger partial charge in [-0.3, -0.25) is 4.79 Å². The first kappa shape index (κ1) is 17.2. The van der Waals surface area contributed by atoms with E-state index in [2.05, 4.69) is 20.8 Å². The molecule has 0 spiro atoms. The Morgan fingerprint density at radius 3 is 2.73 bits per heavy atom. The van der Waals surface area contributed by atoms with Gasteiger partial charge in [0.2, 0.25) is 0 Å². The number of hydrogen-bond donors (Lipinski definition) is 1. The molecule has 142 valence electrons. The highest BCUT2D eigenvalue weighted by molar-refractivity contribution is 5.92. The molecule has 4 fully saturated rings. The molecule has 0 bridgehead atoms. The van der Waals surface area contributed by atoms with E-state index in [0.717, 1.165) is 12.8 Å². The summed E-state index contributed by atoms with van der Waals surface area (Å²) in [5, 5.41) is 9.41. The van der Waals surface area contributed by atoms with Crippen molar-refractivity contribution in [3.63, 3.8) is 0 Å². The fourth-order valence-electron chi connectivity index (χ4n) is 7.64. The van der Waals surface area contributed by atoms with Crippen LogP contribution in [0.4, 0.5) is 0 Å². The van der Waals surface area contributed by atoms with Crippen LogP contribution in [0.3, 0.4) is 0 Å². The third-order valence-corrected chi connectivity index (χ3v) is 9.02. The molecule has 3 heteroatoms. The summed E-state index contributed by atoms with van der Waals surface area (Å²) in [5.74, 6) is 2.32. The van der Waals surface area contributed by atoms with Crippen molar-refractivity contribution >= 4 is 5.78 Å². The molecule has 7 atom stereocenters. The summed E-state index contributed by atoms with van der Waals surface area (Å²) in [7, 11) is 0. The Bertz CT molecular complexity index is 719. The fourth-order valence-corrected chi connectivity index (χ4v) is 7.64. The number of aliphatic hydroxyl groups is 1. The van der Waals surface area contributed by atoms with E-state index < -0.39 is 0 Å². The van der Waals surface area contributed by atoms with Crippen LogP contribution >= 0.6 is 0 Å². The third kappa shape index (κ3) is 2.10. The number of ether oxygens (including phenoxy) is 1. The highest BCUT2D eigenvalue weighted by Crippen LogP contribution is 2.70. The highest BCUT2D eigenvalue weighted by Gasteiger charge is 2.68. The Balaban J connectivity index is 1.53. The summed E-state index contributed by atoms with van der Waals surface area (Å²) in [6, 6.07) is 0. The van der Waals surface area contributed by atoms with Crippen LogP contribution in [-0.2, 0) is 9.53 Å². The van der Waals surface area contributed by atoms with Gasteiger partial charge in [-0.05, 0) is 85.7 Å². The van der Waals surface area contributed by atoms with Crippen LogP contribution in [0.5, 0.6) is 0 Å². The minimum atomic E-state index is 0.171. The van der Waals surface area contributed by atoms with Crippen molar-refractivity contribution in [2.24, 2.45) is 28.6 Å². The quantitative estimate of drug-likeness (QED) is 0.596. The highest BCUT2D eigenvalue weighted by atomic mass is 16.6. The first-order chi connectivity index (χ1) is 12.4. The van der Waals surface area contributed by atoms with Gasteiger partial charge >= 0.3 is 0 Å². The molecule has 1 saturated heterocycles. The molecule has 3 unspecified atom stereocenters. The normalized spacial score (nSPS) is 51.0. The Labute approximate surface area is 156 Å². The van der Waals surface area contributed by atoms with E-state index in [-0.39, 0.29) is 18.1 Å². The van der Waals surface area contributed by atoms with Gasteiger partial charge in [-0.2, -0.15) is 0 Å². The first-order valence-electron chi connectivity index (χ1n) is 10.6. The van der Waals surface area contributed by atoms with Crippen LogP contribution in [0.2, 0.25) is 0 Å². The minimum Gasteiger partial charge on any atom is -0.396 e. The van der Waals surface area contributed by atoms with Crippen molar-refractivity contribution in [2.45, 2.75) is 77.9 Å². The lowest BCUT2D eigenvalue weighted by atomic mass is 9.47. The van der Waals surface area contributed by atoms with Gasteiger partial charge in [-0.25, -0.2) is 0 Å². The van der Waals surface area contributed by atoms with Crippen molar-refractivity contribution in [1.29, 1.82) is 0 Å². The number of hydrogen-bond acceptors (Lipinski definition) is 3. The molecule has 0 aromatic rings. The van der Waals surface area contributed by atoms with Crippen LogP contribution in [0.15, 0.2) is 22.8 Å². The van der Waals surface area contributed by atoms with Gasteiger partial charge in [-0.1, -0.05) is 25.0 Å². The molecule has 0 aromatic heterocycles. The molecule has 5 aliphatic rings. The second-order valence-electron chi connectivity index (χ2n) is 10.0. The second-order valence-corrected chi connectivity index (χ2v) is 10.0. The molecular formula is C23H32O3. The maximum absolute atomic E-state index is 12.0. The largest absolute Gasteiger partial charge is 0.396 e. The Kier molecular flexibility index (Phi) is 3.66. The van der Waals surface area contributed by atoms with E-state index >= 15 is 0 Å². The lowest BCUT2D eigenvalue weighted by Gasteiger charge is -2.56. The number of carbonyl (C=O) groups excluding carboxylic acids is 1. The van der Waals surface area contributed by atoms with E-state index in [1.807, 2.05) is 6.08 Å². The van der Waals surface area contributed by atoms with Crippen molar-refractivity contribution in [1.82, 2.24) is 0 Å². The van der Waals surface area contributed by atoms with E-state index in [1.165, 1.54) is 36.8 Å². The lowest BCUT2D eigenvalue weighted by Crippen LogP contribution is -2.52. The maximum atomic E-state index is 12.0. The summed E-state index contributed by atoms with van der Waals surface area (Å²) in [6.07, 6.45) is 10.1. The number of fused-ring (bicyclic) bond motifs is 8. The standard InChI is InChI=1S/C23H32O3/c1-13(8-11-24)15-4-5-16-19-17(7-10-22(15,16)2)23(3)9-6-14(25)12-18(23)20-21(19)26-20/h12,16-17,19-21,24H,4-11H2,1-3H3/b15-13+/t16?,17?,19?,20-,21+,22-,23-/m1/s1. The Morgan fingerprint density at radius 1 is 1.19 bits per heavy atom. The van der Waals surface area contributed by atoms with Gasteiger partial charge in [0.15, 0.2) is 5.78 Å². The van der Waals surface area contributed by atoms with Gasteiger partial charge in [-0.15, -0.1) is 0 Å². The molecule has 5 rings (SSSR count). The first-order valence-corrected chi connectivity index (χ1v) is 10.6. The monoisotopic (exact) mass is 356 g/mol. The fraction of sp³-hybridized carbons (Fsp3) is 0.783. The van der Waals surface area contributed by atoms with Crippen molar-refractivity contribution in [3.05, 3.63) is 22.8 Å². The Morgan fingerprint density at radius 2 is 1.96 bits per heavy atom. The average Bonchev–Trinajstić information content (AvgIpc) is 3.31. The Hall–Kier alpha value is -0.930. The van der Waals surface area contributed by atoms with Crippen LogP contribution < -0.4 is 0 Å². The van der Waals surface area contributed by atoms with Crippen LogP contribution in [0.1, 0.15) is 65.7 Å². The zero-order valence-corrected chi connectivity index (χ0v) is 16.4. The zero-order valence-electron chi connectivity index (χ0n) is 16.4. The smallest absolute Gasteiger partial charge is 0.155 e. The predicted octanol–water partition coefficient (Wildman–Crippen LogP) is 4.20. The van der Waals surface area contributed by atoms with Crippen LogP contribution in [-0.4, -0.2) is 29.7 Å². The molecule has 26 heavy (non-hydrogen) atoms. The zero-order chi connectivity index (χ0) is 18.3. The molecule has 1 aliphatic heterocycles. The average molecular weight is 357 g/mol. The molecular weight excluding hydrogens is 324 g/mol. The molecule has 4 aliphatic carbocycles. The number of allylic oxidation sites excluding steroid dienone is 1.